The first-order chi connectivity index (χ1) is 11.6. The average Bonchev–Trinajstić information content (AvgIpc) is 3.01. The summed E-state index contributed by atoms with van der Waals surface area (Å²) in [6.07, 6.45) is 4.11. The molecule has 0 unspecified atom stereocenters. The van der Waals surface area contributed by atoms with Gasteiger partial charge in [-0.25, -0.2) is 17.8 Å². The van der Waals surface area contributed by atoms with Crippen LogP contribution in [0, 0.1) is 0 Å². The molecule has 8 nitrogen and oxygen atoms in total. The number of hydrogen-bond acceptors (Lipinski definition) is 6. The Balaban J connectivity index is 1.66. The van der Waals surface area contributed by atoms with Crippen LogP contribution in [0.3, 0.4) is 0 Å². The van der Waals surface area contributed by atoms with E-state index < -0.39 is 10.0 Å². The molecule has 1 aromatic carbocycles. The van der Waals surface area contributed by atoms with E-state index >= 15 is 0 Å². The van der Waals surface area contributed by atoms with E-state index in [0.717, 1.165) is 29.9 Å². The van der Waals surface area contributed by atoms with Crippen molar-refractivity contribution in [1.82, 2.24) is 24.9 Å². The molecule has 0 bridgehead atoms. The fourth-order valence-electron chi connectivity index (χ4n) is 3.37. The average molecular weight is 348 g/mol. The molecule has 2 aromatic rings. The van der Waals surface area contributed by atoms with Gasteiger partial charge in [0.25, 0.3) is 0 Å². The number of sulfonamides is 1. The molecule has 0 saturated heterocycles. The number of tetrazole rings is 1. The van der Waals surface area contributed by atoms with Gasteiger partial charge in [0.05, 0.1) is 10.9 Å². The standard InChI is InChI=1S/C15H20N6O2S/c1-16-24(22,23)14-7-2-4-11-10-20(9-8-13(11)14)15-17-18-19-21(15)12-5-3-6-12/h2,4,7,12,16H,3,5-6,8-10H2,1H3. The summed E-state index contributed by atoms with van der Waals surface area (Å²) in [6.45, 7) is 1.33. The summed E-state index contributed by atoms with van der Waals surface area (Å²) in [6, 6.07) is 5.83. The third kappa shape index (κ3) is 2.48. The van der Waals surface area contributed by atoms with Gasteiger partial charge in [0, 0.05) is 13.1 Å². The molecule has 9 heteroatoms. The van der Waals surface area contributed by atoms with Crippen LogP contribution in [0.5, 0.6) is 0 Å². The van der Waals surface area contributed by atoms with Gasteiger partial charge in [-0.05, 0) is 60.4 Å². The Bertz CT molecular complexity index is 859. The van der Waals surface area contributed by atoms with Gasteiger partial charge in [0.15, 0.2) is 0 Å². The van der Waals surface area contributed by atoms with Gasteiger partial charge in [-0.3, -0.25) is 0 Å². The van der Waals surface area contributed by atoms with Crippen molar-refractivity contribution in [3.8, 4) is 0 Å². The molecule has 1 aliphatic heterocycles. The summed E-state index contributed by atoms with van der Waals surface area (Å²) >= 11 is 0. The summed E-state index contributed by atoms with van der Waals surface area (Å²) in [5.74, 6) is 0.784. The van der Waals surface area contributed by atoms with Crippen molar-refractivity contribution in [2.75, 3.05) is 18.5 Å². The van der Waals surface area contributed by atoms with Crippen LogP contribution in [-0.2, 0) is 23.0 Å². The first-order valence-electron chi connectivity index (χ1n) is 8.17. The van der Waals surface area contributed by atoms with Gasteiger partial charge in [0.2, 0.25) is 16.0 Å². The van der Waals surface area contributed by atoms with Gasteiger partial charge in [-0.1, -0.05) is 17.2 Å². The Hall–Kier alpha value is -2.00. The van der Waals surface area contributed by atoms with Crippen LogP contribution >= 0.6 is 0 Å². The van der Waals surface area contributed by atoms with Crippen molar-refractivity contribution < 1.29 is 8.42 Å². The van der Waals surface area contributed by atoms with E-state index in [2.05, 4.69) is 25.1 Å². The van der Waals surface area contributed by atoms with Crippen LogP contribution < -0.4 is 9.62 Å². The third-order valence-corrected chi connectivity index (χ3v) is 6.46. The summed E-state index contributed by atoms with van der Waals surface area (Å²) in [5, 5.41) is 12.2. The zero-order valence-corrected chi connectivity index (χ0v) is 14.3. The Morgan fingerprint density at radius 3 is 2.83 bits per heavy atom. The Morgan fingerprint density at radius 2 is 2.12 bits per heavy atom. The molecule has 1 N–H and O–H groups in total. The van der Waals surface area contributed by atoms with Crippen LogP contribution in [0.15, 0.2) is 23.1 Å². The molecule has 1 aromatic heterocycles. The van der Waals surface area contributed by atoms with E-state index in [4.69, 9.17) is 0 Å². The molecular formula is C15H20N6O2S. The molecule has 4 rings (SSSR count). The number of hydrogen-bond donors (Lipinski definition) is 1. The van der Waals surface area contributed by atoms with Crippen molar-refractivity contribution in [2.45, 2.75) is 43.2 Å². The number of benzene rings is 1. The normalized spacial score (nSPS) is 18.3. The lowest BCUT2D eigenvalue weighted by Gasteiger charge is -2.33. The van der Waals surface area contributed by atoms with Crippen molar-refractivity contribution in [2.24, 2.45) is 0 Å². The predicted molar refractivity (Wildman–Crippen MR) is 88.1 cm³/mol. The van der Waals surface area contributed by atoms with E-state index in [1.165, 1.54) is 13.5 Å². The highest BCUT2D eigenvalue weighted by Crippen LogP contribution is 2.34. The molecule has 24 heavy (non-hydrogen) atoms. The number of nitrogens with zero attached hydrogens (tertiary/aromatic N) is 5. The minimum absolute atomic E-state index is 0.376. The predicted octanol–water partition coefficient (Wildman–Crippen LogP) is 0.869. The van der Waals surface area contributed by atoms with Crippen LogP contribution in [0.25, 0.3) is 0 Å². The highest BCUT2D eigenvalue weighted by molar-refractivity contribution is 7.89. The smallest absolute Gasteiger partial charge is 0.246 e. The second kappa shape index (κ2) is 5.82. The van der Waals surface area contributed by atoms with Gasteiger partial charge in [0.1, 0.15) is 0 Å². The highest BCUT2D eigenvalue weighted by atomic mass is 32.2. The van der Waals surface area contributed by atoms with Crippen LogP contribution in [0.2, 0.25) is 0 Å². The molecule has 1 aliphatic carbocycles. The summed E-state index contributed by atoms with van der Waals surface area (Å²) < 4.78 is 28.8. The number of rotatable bonds is 4. The lowest BCUT2D eigenvalue weighted by Crippen LogP contribution is -2.35. The third-order valence-electron chi connectivity index (χ3n) is 4.96. The van der Waals surface area contributed by atoms with E-state index in [1.807, 2.05) is 10.7 Å². The monoisotopic (exact) mass is 348 g/mol. The highest BCUT2D eigenvalue weighted by Gasteiger charge is 2.29. The van der Waals surface area contributed by atoms with Gasteiger partial charge in [-0.15, -0.1) is 0 Å². The molecule has 128 valence electrons. The molecule has 0 radical (unpaired) electrons. The van der Waals surface area contributed by atoms with Crippen molar-refractivity contribution >= 4 is 16.0 Å². The quantitative estimate of drug-likeness (QED) is 0.881. The zero-order chi connectivity index (χ0) is 16.7. The number of fused-ring (bicyclic) bond motifs is 1. The lowest BCUT2D eigenvalue weighted by atomic mass is 9.93. The molecule has 0 atom stereocenters. The second-order valence-electron chi connectivity index (χ2n) is 6.28. The van der Waals surface area contributed by atoms with Crippen LogP contribution in [0.1, 0.15) is 36.4 Å². The minimum atomic E-state index is -3.44. The summed E-state index contributed by atoms with van der Waals surface area (Å²) in [4.78, 5) is 2.51. The lowest BCUT2D eigenvalue weighted by molar-refractivity contribution is 0.284. The van der Waals surface area contributed by atoms with Crippen LogP contribution in [0.4, 0.5) is 5.95 Å². The topological polar surface area (TPSA) is 93.0 Å². The molecule has 1 fully saturated rings. The maximum Gasteiger partial charge on any atom is 0.246 e. The number of nitrogens with one attached hydrogen (secondary N) is 1. The Morgan fingerprint density at radius 1 is 1.29 bits per heavy atom. The number of aromatic nitrogens is 4. The first-order valence-corrected chi connectivity index (χ1v) is 9.65. The van der Waals surface area contributed by atoms with E-state index in [0.29, 0.717) is 30.4 Å². The van der Waals surface area contributed by atoms with E-state index in [9.17, 15) is 8.42 Å². The number of anilines is 1. The molecular weight excluding hydrogens is 328 g/mol. The minimum Gasteiger partial charge on any atom is -0.335 e. The fourth-order valence-corrected chi connectivity index (χ4v) is 4.41. The van der Waals surface area contributed by atoms with E-state index in [-0.39, 0.29) is 0 Å². The van der Waals surface area contributed by atoms with Crippen molar-refractivity contribution in [3.05, 3.63) is 29.3 Å². The van der Waals surface area contributed by atoms with Gasteiger partial charge < -0.3 is 4.90 Å². The summed E-state index contributed by atoms with van der Waals surface area (Å²) in [5.41, 5.74) is 1.91. The van der Waals surface area contributed by atoms with Crippen molar-refractivity contribution in [1.29, 1.82) is 0 Å². The maximum absolute atomic E-state index is 12.2. The second-order valence-corrected chi connectivity index (χ2v) is 8.14. The largest absolute Gasteiger partial charge is 0.335 e. The first kappa shape index (κ1) is 15.5. The van der Waals surface area contributed by atoms with Crippen LogP contribution in [-0.4, -0.2) is 42.2 Å². The Labute approximate surface area is 140 Å². The molecule has 2 aliphatic rings. The van der Waals surface area contributed by atoms with Gasteiger partial charge >= 0.3 is 0 Å². The molecule has 1 saturated carbocycles. The van der Waals surface area contributed by atoms with Gasteiger partial charge in [-0.2, -0.15) is 0 Å². The van der Waals surface area contributed by atoms with E-state index in [1.54, 1.807) is 12.1 Å². The zero-order valence-electron chi connectivity index (χ0n) is 13.5. The molecule has 0 spiro atoms. The molecule has 2 heterocycles. The SMILES string of the molecule is CNS(=O)(=O)c1cccc2c1CCN(c1nnnn1C1CCC1)C2. The summed E-state index contributed by atoms with van der Waals surface area (Å²) in [7, 11) is -2.00. The van der Waals surface area contributed by atoms with Crippen molar-refractivity contribution in [3.63, 3.8) is 0 Å². The fraction of sp³-hybridized carbons (Fsp3) is 0.533. The Kier molecular flexibility index (Phi) is 3.76. The molecule has 0 amide bonds. The maximum atomic E-state index is 12.2.